The van der Waals surface area contributed by atoms with E-state index < -0.39 is 0 Å². The van der Waals surface area contributed by atoms with Crippen molar-refractivity contribution in [2.75, 3.05) is 0 Å². The van der Waals surface area contributed by atoms with Crippen LogP contribution in [0.2, 0.25) is 0 Å². The van der Waals surface area contributed by atoms with E-state index in [1.807, 2.05) is 12.1 Å². The highest BCUT2D eigenvalue weighted by Crippen LogP contribution is 2.32. The molecule has 0 N–H and O–H groups in total. The first kappa shape index (κ1) is 9.97. The molecule has 0 saturated carbocycles. The van der Waals surface area contributed by atoms with Crippen molar-refractivity contribution < 1.29 is 0 Å². The zero-order valence-electron chi connectivity index (χ0n) is 9.84. The van der Waals surface area contributed by atoms with Crippen LogP contribution >= 0.6 is 11.3 Å². The Bertz CT molecular complexity index is 893. The molecule has 0 atom stereocenters. The summed E-state index contributed by atoms with van der Waals surface area (Å²) in [5.74, 6) is 0. The van der Waals surface area contributed by atoms with Crippen LogP contribution in [0, 0.1) is 6.92 Å². The van der Waals surface area contributed by atoms with Gasteiger partial charge in [-0.05, 0) is 24.6 Å². The Morgan fingerprint density at radius 1 is 0.889 bits per heavy atom. The van der Waals surface area contributed by atoms with Crippen molar-refractivity contribution in [3.05, 3.63) is 48.0 Å². The summed E-state index contributed by atoms with van der Waals surface area (Å²) in [4.78, 5) is 10.6. The van der Waals surface area contributed by atoms with Gasteiger partial charge in [0.05, 0.1) is 11.0 Å². The van der Waals surface area contributed by atoms with Gasteiger partial charge in [-0.15, -0.1) is 11.3 Å². The van der Waals surface area contributed by atoms with E-state index in [1.165, 1.54) is 15.6 Å². The zero-order chi connectivity index (χ0) is 12.1. The highest BCUT2D eigenvalue weighted by Gasteiger charge is 2.09. The molecular weight excluding hydrogens is 240 g/mol. The van der Waals surface area contributed by atoms with Gasteiger partial charge in [0.2, 0.25) is 0 Å². The number of aromatic nitrogens is 2. The predicted octanol–water partition coefficient (Wildman–Crippen LogP) is 4.31. The Balaban J connectivity index is 2.27. The van der Waals surface area contributed by atoms with Crippen LogP contribution in [0.4, 0.5) is 0 Å². The van der Waals surface area contributed by atoms with E-state index >= 15 is 0 Å². The van der Waals surface area contributed by atoms with Crippen molar-refractivity contribution >= 4 is 42.8 Å². The van der Waals surface area contributed by atoms with E-state index in [-0.39, 0.29) is 0 Å². The fraction of sp³-hybridized carbons (Fsp3) is 0.0667. The Hall–Kier alpha value is -2.00. The predicted molar refractivity (Wildman–Crippen MR) is 77.2 cm³/mol. The summed E-state index contributed by atoms with van der Waals surface area (Å²) in [5.41, 5.74) is 4.19. The van der Waals surface area contributed by atoms with Crippen molar-refractivity contribution in [2.24, 2.45) is 0 Å². The number of fused-ring (bicyclic) bond motifs is 4. The number of para-hydroxylation sites is 1. The average Bonchev–Trinajstić information content (AvgIpc) is 2.75. The lowest BCUT2D eigenvalue weighted by molar-refractivity contribution is 1.38. The van der Waals surface area contributed by atoms with Gasteiger partial charge in [0.15, 0.2) is 0 Å². The summed E-state index contributed by atoms with van der Waals surface area (Å²) in [6.45, 7) is 2.08. The van der Waals surface area contributed by atoms with Crippen molar-refractivity contribution in [1.29, 1.82) is 0 Å². The standard InChI is InChI=1S/C15H10N2S/c1-9-5-4-7-11-13(9)17-15-14(16-11)10-6-2-3-8-12(10)18-15/h2-8H,1H3. The van der Waals surface area contributed by atoms with E-state index in [1.54, 1.807) is 11.3 Å². The molecule has 2 aromatic carbocycles. The van der Waals surface area contributed by atoms with Gasteiger partial charge in [0.1, 0.15) is 10.3 Å². The van der Waals surface area contributed by atoms with Crippen molar-refractivity contribution in [3.63, 3.8) is 0 Å². The molecule has 4 rings (SSSR count). The van der Waals surface area contributed by atoms with Gasteiger partial charge in [-0.25, -0.2) is 9.97 Å². The summed E-state index contributed by atoms with van der Waals surface area (Å²) in [6, 6.07) is 14.5. The number of rotatable bonds is 0. The van der Waals surface area contributed by atoms with Crippen LogP contribution in [-0.4, -0.2) is 9.97 Å². The summed E-state index contributed by atoms with van der Waals surface area (Å²) in [5, 5.41) is 1.20. The summed E-state index contributed by atoms with van der Waals surface area (Å²) in [7, 11) is 0. The van der Waals surface area contributed by atoms with Crippen LogP contribution in [0.3, 0.4) is 0 Å². The maximum Gasteiger partial charge on any atom is 0.143 e. The van der Waals surface area contributed by atoms with Gasteiger partial charge in [0, 0.05) is 10.1 Å². The molecule has 2 heterocycles. The molecule has 0 aliphatic carbocycles. The number of hydrogen-bond acceptors (Lipinski definition) is 3. The van der Waals surface area contributed by atoms with Gasteiger partial charge in [-0.3, -0.25) is 0 Å². The SMILES string of the molecule is Cc1cccc2nc3c(nc12)sc1ccccc13. The van der Waals surface area contributed by atoms with Crippen LogP contribution < -0.4 is 0 Å². The largest absolute Gasteiger partial charge is 0.243 e. The number of thiophene rings is 1. The molecule has 0 aliphatic heterocycles. The van der Waals surface area contributed by atoms with Crippen LogP contribution in [0.15, 0.2) is 42.5 Å². The Morgan fingerprint density at radius 3 is 2.72 bits per heavy atom. The van der Waals surface area contributed by atoms with Gasteiger partial charge in [-0.2, -0.15) is 0 Å². The third-order valence-corrected chi connectivity index (χ3v) is 4.27. The molecule has 0 spiro atoms. The topological polar surface area (TPSA) is 25.8 Å². The summed E-state index contributed by atoms with van der Waals surface area (Å²) < 4.78 is 1.25. The van der Waals surface area contributed by atoms with E-state index in [0.717, 1.165) is 21.4 Å². The van der Waals surface area contributed by atoms with Crippen LogP contribution in [0.1, 0.15) is 5.56 Å². The number of aryl methyl sites for hydroxylation is 1. The van der Waals surface area contributed by atoms with Crippen molar-refractivity contribution in [1.82, 2.24) is 9.97 Å². The van der Waals surface area contributed by atoms with E-state index in [2.05, 4.69) is 37.3 Å². The third-order valence-electron chi connectivity index (χ3n) is 3.21. The minimum absolute atomic E-state index is 0.978. The van der Waals surface area contributed by atoms with E-state index in [9.17, 15) is 0 Å². The smallest absolute Gasteiger partial charge is 0.143 e. The molecule has 86 valence electrons. The molecule has 0 unspecified atom stereocenters. The van der Waals surface area contributed by atoms with Crippen LogP contribution in [-0.2, 0) is 0 Å². The lowest BCUT2D eigenvalue weighted by Gasteiger charge is -2.00. The molecule has 0 saturated heterocycles. The van der Waals surface area contributed by atoms with Crippen molar-refractivity contribution in [3.8, 4) is 0 Å². The average molecular weight is 250 g/mol. The van der Waals surface area contributed by atoms with Gasteiger partial charge < -0.3 is 0 Å². The molecule has 2 aromatic heterocycles. The first-order valence-electron chi connectivity index (χ1n) is 5.87. The van der Waals surface area contributed by atoms with Crippen LogP contribution in [0.5, 0.6) is 0 Å². The monoisotopic (exact) mass is 250 g/mol. The van der Waals surface area contributed by atoms with E-state index in [4.69, 9.17) is 9.97 Å². The summed E-state index contributed by atoms with van der Waals surface area (Å²) >= 11 is 1.71. The van der Waals surface area contributed by atoms with Gasteiger partial charge in [-0.1, -0.05) is 30.3 Å². The Morgan fingerprint density at radius 2 is 1.78 bits per heavy atom. The lowest BCUT2D eigenvalue weighted by atomic mass is 10.2. The van der Waals surface area contributed by atoms with Gasteiger partial charge in [0.25, 0.3) is 0 Å². The van der Waals surface area contributed by atoms with Crippen LogP contribution in [0.25, 0.3) is 31.5 Å². The van der Waals surface area contributed by atoms with E-state index in [0.29, 0.717) is 0 Å². The number of hydrogen-bond donors (Lipinski definition) is 0. The maximum absolute atomic E-state index is 4.77. The normalized spacial score (nSPS) is 11.6. The highest BCUT2D eigenvalue weighted by atomic mass is 32.1. The number of nitrogens with zero attached hydrogens (tertiary/aromatic N) is 2. The lowest BCUT2D eigenvalue weighted by Crippen LogP contribution is -1.86. The highest BCUT2D eigenvalue weighted by molar-refractivity contribution is 7.25. The molecule has 18 heavy (non-hydrogen) atoms. The molecule has 3 heteroatoms. The first-order chi connectivity index (χ1) is 8.83. The Labute approximate surface area is 108 Å². The molecule has 0 fully saturated rings. The van der Waals surface area contributed by atoms with Gasteiger partial charge >= 0.3 is 0 Å². The number of benzene rings is 2. The fourth-order valence-electron chi connectivity index (χ4n) is 2.30. The molecular formula is C15H10N2S. The quantitative estimate of drug-likeness (QED) is 0.465. The molecule has 4 aromatic rings. The maximum atomic E-state index is 4.77. The molecule has 0 radical (unpaired) electrons. The third kappa shape index (κ3) is 1.28. The second kappa shape index (κ2) is 3.50. The van der Waals surface area contributed by atoms with Crippen molar-refractivity contribution in [2.45, 2.75) is 6.92 Å². The first-order valence-corrected chi connectivity index (χ1v) is 6.69. The molecule has 0 aliphatic rings. The second-order valence-corrected chi connectivity index (χ2v) is 5.45. The molecule has 2 nitrogen and oxygen atoms in total. The molecule has 0 amide bonds. The zero-order valence-corrected chi connectivity index (χ0v) is 10.7. The summed E-state index contributed by atoms with van der Waals surface area (Å²) in [6.07, 6.45) is 0. The minimum Gasteiger partial charge on any atom is -0.243 e. The minimum atomic E-state index is 0.978. The fourth-order valence-corrected chi connectivity index (χ4v) is 3.32. The molecule has 0 bridgehead atoms. The second-order valence-electron chi connectivity index (χ2n) is 4.42. The Kier molecular flexibility index (Phi) is 1.94.